The van der Waals surface area contributed by atoms with Crippen LogP contribution in [0.2, 0.25) is 0 Å². The number of nitriles is 1. The van der Waals surface area contributed by atoms with Crippen LogP contribution in [-0.4, -0.2) is 37.0 Å². The summed E-state index contributed by atoms with van der Waals surface area (Å²) in [6, 6.07) is 5.48. The smallest absolute Gasteiger partial charge is 0.321 e. The van der Waals surface area contributed by atoms with E-state index in [1.807, 2.05) is 13.0 Å². The fraction of sp³-hybridized carbons (Fsp3) is 0.357. The van der Waals surface area contributed by atoms with Gasteiger partial charge in [0.15, 0.2) is 0 Å². The van der Waals surface area contributed by atoms with Crippen LogP contribution in [0.3, 0.4) is 0 Å². The molecule has 0 saturated heterocycles. The first-order chi connectivity index (χ1) is 9.99. The first-order valence-electron chi connectivity index (χ1n) is 6.42. The van der Waals surface area contributed by atoms with Crippen molar-refractivity contribution in [1.29, 1.82) is 5.26 Å². The standard InChI is InChI=1S/C14H17FN4O2/c1-3-19(9-13(20)18-14(21)17-2)8-11-5-4-10(7-16)6-12(11)15/h4-6H,3,8-9H2,1-2H3,(H2,17,18,20,21). The molecule has 0 bridgehead atoms. The number of urea groups is 1. The number of carbonyl (C=O) groups excluding carboxylic acids is 2. The molecule has 0 atom stereocenters. The molecule has 0 unspecified atom stereocenters. The van der Waals surface area contributed by atoms with Crippen LogP contribution in [0.4, 0.5) is 9.18 Å². The quantitative estimate of drug-likeness (QED) is 0.847. The average Bonchev–Trinajstić information content (AvgIpc) is 2.47. The first-order valence-corrected chi connectivity index (χ1v) is 6.42. The zero-order valence-corrected chi connectivity index (χ0v) is 11.9. The molecule has 0 heterocycles. The topological polar surface area (TPSA) is 85.2 Å². The fourth-order valence-electron chi connectivity index (χ4n) is 1.70. The van der Waals surface area contributed by atoms with Crippen molar-refractivity contribution >= 4 is 11.9 Å². The Balaban J connectivity index is 2.68. The number of hydrogen-bond acceptors (Lipinski definition) is 4. The van der Waals surface area contributed by atoms with Gasteiger partial charge in [-0.2, -0.15) is 5.26 Å². The maximum atomic E-state index is 13.8. The number of carbonyl (C=O) groups is 2. The Labute approximate surface area is 122 Å². The molecule has 0 saturated carbocycles. The van der Waals surface area contributed by atoms with E-state index in [0.29, 0.717) is 12.1 Å². The highest BCUT2D eigenvalue weighted by Gasteiger charge is 2.13. The van der Waals surface area contributed by atoms with Gasteiger partial charge in [-0.1, -0.05) is 13.0 Å². The van der Waals surface area contributed by atoms with Gasteiger partial charge in [-0.05, 0) is 18.7 Å². The van der Waals surface area contributed by atoms with E-state index in [1.165, 1.54) is 19.2 Å². The Morgan fingerprint density at radius 3 is 2.67 bits per heavy atom. The van der Waals surface area contributed by atoms with Crippen molar-refractivity contribution in [3.8, 4) is 6.07 Å². The predicted molar refractivity (Wildman–Crippen MR) is 74.7 cm³/mol. The average molecular weight is 292 g/mol. The number of amides is 3. The molecule has 112 valence electrons. The van der Waals surface area contributed by atoms with Crippen molar-refractivity contribution in [2.45, 2.75) is 13.5 Å². The maximum absolute atomic E-state index is 13.8. The molecule has 7 heteroatoms. The molecule has 0 aromatic heterocycles. The second kappa shape index (κ2) is 7.97. The summed E-state index contributed by atoms with van der Waals surface area (Å²) in [5.41, 5.74) is 0.639. The van der Waals surface area contributed by atoms with Gasteiger partial charge in [0.05, 0.1) is 18.2 Å². The van der Waals surface area contributed by atoms with Crippen molar-refractivity contribution in [2.75, 3.05) is 20.1 Å². The van der Waals surface area contributed by atoms with Crippen LogP contribution in [0.1, 0.15) is 18.1 Å². The summed E-state index contributed by atoms with van der Waals surface area (Å²) >= 11 is 0. The van der Waals surface area contributed by atoms with Gasteiger partial charge in [-0.25, -0.2) is 9.18 Å². The van der Waals surface area contributed by atoms with Gasteiger partial charge < -0.3 is 5.32 Å². The highest BCUT2D eigenvalue weighted by Crippen LogP contribution is 2.12. The molecule has 21 heavy (non-hydrogen) atoms. The number of hydrogen-bond donors (Lipinski definition) is 2. The number of likely N-dealkylation sites (N-methyl/N-ethyl adjacent to an activating group) is 1. The number of nitrogens with zero attached hydrogens (tertiary/aromatic N) is 2. The first kappa shape index (κ1) is 16.6. The normalized spacial score (nSPS) is 10.0. The van der Waals surface area contributed by atoms with Crippen LogP contribution >= 0.6 is 0 Å². The van der Waals surface area contributed by atoms with E-state index in [1.54, 1.807) is 4.90 Å². The van der Waals surface area contributed by atoms with Gasteiger partial charge in [-0.3, -0.25) is 15.0 Å². The van der Waals surface area contributed by atoms with E-state index in [0.717, 1.165) is 6.07 Å². The van der Waals surface area contributed by atoms with Gasteiger partial charge in [0, 0.05) is 19.2 Å². The summed E-state index contributed by atoms with van der Waals surface area (Å²) in [6.45, 7) is 2.54. The minimum Gasteiger partial charge on any atom is -0.341 e. The third kappa shape index (κ3) is 5.20. The molecule has 0 aliphatic rings. The minimum atomic E-state index is -0.583. The Hall–Kier alpha value is -2.46. The van der Waals surface area contributed by atoms with Gasteiger partial charge in [-0.15, -0.1) is 0 Å². The summed E-state index contributed by atoms with van der Waals surface area (Å²) in [5.74, 6) is -0.954. The highest BCUT2D eigenvalue weighted by molar-refractivity contribution is 5.95. The summed E-state index contributed by atoms with van der Waals surface area (Å²) in [4.78, 5) is 24.3. The number of nitrogens with one attached hydrogen (secondary N) is 2. The summed E-state index contributed by atoms with van der Waals surface area (Å²) in [5, 5.41) is 13.1. The molecule has 0 radical (unpaired) electrons. The van der Waals surface area contributed by atoms with E-state index < -0.39 is 17.8 Å². The number of halogens is 1. The van der Waals surface area contributed by atoms with Gasteiger partial charge >= 0.3 is 6.03 Å². The maximum Gasteiger partial charge on any atom is 0.321 e. The number of benzene rings is 1. The van der Waals surface area contributed by atoms with E-state index >= 15 is 0 Å². The number of imide groups is 1. The molecule has 6 nitrogen and oxygen atoms in total. The van der Waals surface area contributed by atoms with Gasteiger partial charge in [0.25, 0.3) is 0 Å². The summed E-state index contributed by atoms with van der Waals surface area (Å²) in [7, 11) is 1.41. The largest absolute Gasteiger partial charge is 0.341 e. The van der Waals surface area contributed by atoms with Crippen molar-refractivity contribution in [3.63, 3.8) is 0 Å². The molecule has 1 aromatic carbocycles. The molecule has 0 aliphatic heterocycles. The number of rotatable bonds is 5. The molecule has 0 fully saturated rings. The van der Waals surface area contributed by atoms with Crippen LogP contribution in [0.25, 0.3) is 0 Å². The van der Waals surface area contributed by atoms with E-state index in [2.05, 4.69) is 10.6 Å². The summed E-state index contributed by atoms with van der Waals surface area (Å²) in [6.07, 6.45) is 0. The van der Waals surface area contributed by atoms with Crippen molar-refractivity contribution in [2.24, 2.45) is 0 Å². The molecule has 0 aliphatic carbocycles. The van der Waals surface area contributed by atoms with Crippen LogP contribution in [0, 0.1) is 17.1 Å². The Kier molecular flexibility index (Phi) is 6.30. The Morgan fingerprint density at radius 2 is 2.14 bits per heavy atom. The van der Waals surface area contributed by atoms with Crippen LogP contribution < -0.4 is 10.6 Å². The molecular weight excluding hydrogens is 275 g/mol. The van der Waals surface area contributed by atoms with Crippen molar-refractivity contribution < 1.29 is 14.0 Å². The Morgan fingerprint density at radius 1 is 1.43 bits per heavy atom. The molecule has 3 amide bonds. The molecule has 0 spiro atoms. The lowest BCUT2D eigenvalue weighted by Crippen LogP contribution is -2.43. The lowest BCUT2D eigenvalue weighted by molar-refractivity contribution is -0.121. The van der Waals surface area contributed by atoms with E-state index in [-0.39, 0.29) is 18.7 Å². The SMILES string of the molecule is CCN(CC(=O)NC(=O)NC)Cc1ccc(C#N)cc1F. The zero-order valence-electron chi connectivity index (χ0n) is 11.9. The lowest BCUT2D eigenvalue weighted by Gasteiger charge is -2.20. The van der Waals surface area contributed by atoms with Crippen LogP contribution in [0.15, 0.2) is 18.2 Å². The van der Waals surface area contributed by atoms with Gasteiger partial charge in [0.2, 0.25) is 5.91 Å². The zero-order chi connectivity index (χ0) is 15.8. The second-order valence-corrected chi connectivity index (χ2v) is 4.35. The van der Waals surface area contributed by atoms with Crippen molar-refractivity contribution in [3.05, 3.63) is 35.1 Å². The predicted octanol–water partition coefficient (Wildman–Crippen LogP) is 0.975. The Bertz CT molecular complexity index is 569. The van der Waals surface area contributed by atoms with E-state index in [9.17, 15) is 14.0 Å². The monoisotopic (exact) mass is 292 g/mol. The fourth-order valence-corrected chi connectivity index (χ4v) is 1.70. The second-order valence-electron chi connectivity index (χ2n) is 4.35. The molecule has 1 aromatic rings. The molecule has 2 N–H and O–H groups in total. The minimum absolute atomic E-state index is 0.0244. The van der Waals surface area contributed by atoms with E-state index in [4.69, 9.17) is 5.26 Å². The van der Waals surface area contributed by atoms with Crippen molar-refractivity contribution in [1.82, 2.24) is 15.5 Å². The van der Waals surface area contributed by atoms with Crippen LogP contribution in [0.5, 0.6) is 0 Å². The third-order valence-electron chi connectivity index (χ3n) is 2.87. The van der Waals surface area contributed by atoms with Crippen LogP contribution in [-0.2, 0) is 11.3 Å². The summed E-state index contributed by atoms with van der Waals surface area (Å²) < 4.78 is 13.8. The molecular formula is C14H17FN4O2. The third-order valence-corrected chi connectivity index (χ3v) is 2.87. The molecule has 1 rings (SSSR count). The lowest BCUT2D eigenvalue weighted by atomic mass is 10.1. The van der Waals surface area contributed by atoms with Gasteiger partial charge in [0.1, 0.15) is 5.82 Å². The highest BCUT2D eigenvalue weighted by atomic mass is 19.1.